The molecule has 1 aliphatic heterocycles. The van der Waals surface area contributed by atoms with E-state index in [-0.39, 0.29) is 0 Å². The fraction of sp³-hybridized carbons (Fsp3) is 0.278. The Morgan fingerprint density at radius 1 is 1.17 bits per heavy atom. The molecule has 3 N–H and O–H groups in total. The Bertz CT molecular complexity index is 839. The predicted molar refractivity (Wildman–Crippen MR) is 96.3 cm³/mol. The Balaban J connectivity index is 1.66. The number of benzene rings is 2. The van der Waals surface area contributed by atoms with Crippen molar-refractivity contribution < 1.29 is 9.15 Å². The molecule has 0 amide bonds. The zero-order chi connectivity index (χ0) is 16.5. The number of nitrogens with one attached hydrogen (secondary N) is 1. The normalized spacial score (nSPS) is 15.7. The molecule has 0 radical (unpaired) electrons. The Hall–Kier alpha value is -2.24. The van der Waals surface area contributed by atoms with E-state index in [1.807, 2.05) is 36.4 Å². The van der Waals surface area contributed by atoms with Gasteiger partial charge in [-0.25, -0.2) is 4.98 Å². The third kappa shape index (κ3) is 2.92. The van der Waals surface area contributed by atoms with E-state index in [0.717, 1.165) is 42.8 Å². The molecule has 6 heteroatoms. The Labute approximate surface area is 144 Å². The van der Waals surface area contributed by atoms with Crippen LogP contribution in [0.15, 0.2) is 40.8 Å². The van der Waals surface area contributed by atoms with Gasteiger partial charge in [-0.05, 0) is 37.1 Å². The fourth-order valence-corrected chi connectivity index (χ4v) is 3.17. The number of hydrogen-bond acceptors (Lipinski definition) is 5. The molecule has 0 saturated carbocycles. The minimum absolute atomic E-state index is 0.354. The average molecular weight is 344 g/mol. The minimum Gasteiger partial charge on any atom is -0.436 e. The summed E-state index contributed by atoms with van der Waals surface area (Å²) in [7, 11) is 0. The van der Waals surface area contributed by atoms with Crippen LogP contribution in [-0.2, 0) is 4.74 Å². The lowest BCUT2D eigenvalue weighted by Gasteiger charge is -2.25. The van der Waals surface area contributed by atoms with Crippen molar-refractivity contribution in [3.63, 3.8) is 0 Å². The molecule has 0 atom stereocenters. The van der Waals surface area contributed by atoms with Gasteiger partial charge in [0.15, 0.2) is 5.58 Å². The van der Waals surface area contributed by atoms with Crippen molar-refractivity contribution in [1.29, 1.82) is 0 Å². The third-order valence-electron chi connectivity index (χ3n) is 4.24. The quantitative estimate of drug-likeness (QED) is 0.693. The number of ether oxygens (including phenoxy) is 1. The van der Waals surface area contributed by atoms with E-state index in [2.05, 4.69) is 10.3 Å². The molecule has 124 valence electrons. The second kappa shape index (κ2) is 6.34. The number of nitrogens with two attached hydrogens (primary N) is 1. The largest absolute Gasteiger partial charge is 0.436 e. The molecule has 1 aliphatic rings. The van der Waals surface area contributed by atoms with Crippen LogP contribution in [0.1, 0.15) is 12.8 Å². The lowest BCUT2D eigenvalue weighted by atomic mass is 10.1. The summed E-state index contributed by atoms with van der Waals surface area (Å²) in [6, 6.07) is 11.6. The van der Waals surface area contributed by atoms with Crippen molar-refractivity contribution in [1.82, 2.24) is 4.98 Å². The lowest BCUT2D eigenvalue weighted by molar-refractivity contribution is 0.0904. The summed E-state index contributed by atoms with van der Waals surface area (Å²) in [4.78, 5) is 4.49. The molecule has 0 aliphatic carbocycles. The van der Waals surface area contributed by atoms with Gasteiger partial charge in [0.25, 0.3) is 0 Å². The van der Waals surface area contributed by atoms with Crippen molar-refractivity contribution in [3.8, 4) is 11.5 Å². The van der Waals surface area contributed by atoms with E-state index in [1.54, 1.807) is 0 Å². The molecule has 0 spiro atoms. The van der Waals surface area contributed by atoms with Crippen molar-refractivity contribution in [2.24, 2.45) is 0 Å². The van der Waals surface area contributed by atoms with E-state index in [1.165, 1.54) is 0 Å². The molecule has 0 bridgehead atoms. The van der Waals surface area contributed by atoms with Crippen LogP contribution >= 0.6 is 11.6 Å². The number of aromatic nitrogens is 1. The topological polar surface area (TPSA) is 73.3 Å². The van der Waals surface area contributed by atoms with Crippen LogP contribution in [0.2, 0.25) is 5.02 Å². The van der Waals surface area contributed by atoms with Crippen LogP contribution in [0, 0.1) is 0 Å². The van der Waals surface area contributed by atoms with Gasteiger partial charge in [0.05, 0.1) is 22.0 Å². The predicted octanol–water partition coefficient (Wildman–Crippen LogP) is 4.32. The first kappa shape index (κ1) is 15.3. The van der Waals surface area contributed by atoms with E-state index < -0.39 is 0 Å². The first-order valence-corrected chi connectivity index (χ1v) is 8.38. The molecule has 3 aromatic rings. The Morgan fingerprint density at radius 2 is 1.96 bits per heavy atom. The molecule has 4 rings (SSSR count). The number of halogens is 1. The molecule has 0 unspecified atom stereocenters. The van der Waals surface area contributed by atoms with Crippen LogP contribution in [-0.4, -0.2) is 24.2 Å². The van der Waals surface area contributed by atoms with Crippen LogP contribution < -0.4 is 11.1 Å². The molecule has 2 aromatic carbocycles. The van der Waals surface area contributed by atoms with Gasteiger partial charge in [0.2, 0.25) is 5.89 Å². The van der Waals surface area contributed by atoms with Crippen molar-refractivity contribution >= 4 is 34.1 Å². The molecular weight excluding hydrogens is 326 g/mol. The highest BCUT2D eigenvalue weighted by molar-refractivity contribution is 6.33. The smallest absolute Gasteiger partial charge is 0.228 e. The van der Waals surface area contributed by atoms with Gasteiger partial charge >= 0.3 is 0 Å². The molecule has 2 heterocycles. The van der Waals surface area contributed by atoms with E-state index in [0.29, 0.717) is 28.2 Å². The Kier molecular flexibility index (Phi) is 4.04. The molecule has 5 nitrogen and oxygen atoms in total. The number of nitrogen functional groups attached to an aromatic ring is 1. The second-order valence-corrected chi connectivity index (χ2v) is 6.34. The maximum absolute atomic E-state index is 6.46. The van der Waals surface area contributed by atoms with Crippen molar-refractivity contribution in [2.75, 3.05) is 24.3 Å². The highest BCUT2D eigenvalue weighted by Gasteiger charge is 2.18. The van der Waals surface area contributed by atoms with Crippen molar-refractivity contribution in [3.05, 3.63) is 41.4 Å². The first-order chi connectivity index (χ1) is 11.7. The van der Waals surface area contributed by atoms with Gasteiger partial charge in [-0.15, -0.1) is 0 Å². The van der Waals surface area contributed by atoms with E-state index >= 15 is 0 Å². The number of oxazole rings is 1. The summed E-state index contributed by atoms with van der Waals surface area (Å²) in [6.45, 7) is 1.54. The minimum atomic E-state index is 0.354. The average Bonchev–Trinajstić information content (AvgIpc) is 3.02. The summed E-state index contributed by atoms with van der Waals surface area (Å²) in [6.07, 6.45) is 1.92. The fourth-order valence-electron chi connectivity index (χ4n) is 2.93. The van der Waals surface area contributed by atoms with E-state index in [9.17, 15) is 0 Å². The van der Waals surface area contributed by atoms with Crippen LogP contribution in [0.3, 0.4) is 0 Å². The Morgan fingerprint density at radius 3 is 2.75 bits per heavy atom. The summed E-state index contributed by atoms with van der Waals surface area (Å²) < 4.78 is 11.2. The van der Waals surface area contributed by atoms with Gasteiger partial charge in [-0.2, -0.15) is 0 Å². The monoisotopic (exact) mass is 343 g/mol. The zero-order valence-corrected chi connectivity index (χ0v) is 13.8. The molecule has 1 fully saturated rings. The standard InChI is InChI=1S/C18H18ClN3O2/c19-13-10-16(21-11-5-7-23-8-6-11)14(20)9-12(13)18-22-15-3-1-2-4-17(15)24-18/h1-4,9-11,21H,5-8,20H2. The van der Waals surface area contributed by atoms with Gasteiger partial charge in [-0.1, -0.05) is 23.7 Å². The molecular formula is C18H18ClN3O2. The number of para-hydroxylation sites is 2. The lowest BCUT2D eigenvalue weighted by Crippen LogP contribution is -2.28. The van der Waals surface area contributed by atoms with E-state index in [4.69, 9.17) is 26.5 Å². The SMILES string of the molecule is Nc1cc(-c2nc3ccccc3o2)c(Cl)cc1NC1CCOCC1. The summed E-state index contributed by atoms with van der Waals surface area (Å²) in [5.41, 5.74) is 9.91. The number of hydrogen-bond donors (Lipinski definition) is 2. The molecule has 24 heavy (non-hydrogen) atoms. The maximum Gasteiger partial charge on any atom is 0.228 e. The first-order valence-electron chi connectivity index (χ1n) is 8.00. The number of fused-ring (bicyclic) bond motifs is 1. The zero-order valence-electron chi connectivity index (χ0n) is 13.1. The van der Waals surface area contributed by atoms with Gasteiger partial charge < -0.3 is 20.2 Å². The maximum atomic E-state index is 6.46. The molecule has 1 saturated heterocycles. The summed E-state index contributed by atoms with van der Waals surface area (Å²) in [5, 5.41) is 4.02. The number of rotatable bonds is 3. The van der Waals surface area contributed by atoms with Gasteiger partial charge in [0, 0.05) is 19.3 Å². The number of nitrogens with zero attached hydrogens (tertiary/aromatic N) is 1. The van der Waals surface area contributed by atoms with Gasteiger partial charge in [0.1, 0.15) is 5.52 Å². The highest BCUT2D eigenvalue weighted by Crippen LogP contribution is 2.36. The highest BCUT2D eigenvalue weighted by atomic mass is 35.5. The molecule has 1 aromatic heterocycles. The van der Waals surface area contributed by atoms with Crippen molar-refractivity contribution in [2.45, 2.75) is 18.9 Å². The summed E-state index contributed by atoms with van der Waals surface area (Å²) >= 11 is 6.46. The van der Waals surface area contributed by atoms with Crippen LogP contribution in [0.5, 0.6) is 0 Å². The van der Waals surface area contributed by atoms with Crippen LogP contribution in [0.4, 0.5) is 11.4 Å². The summed E-state index contributed by atoms with van der Waals surface area (Å²) in [5.74, 6) is 0.477. The second-order valence-electron chi connectivity index (χ2n) is 5.94. The number of anilines is 2. The van der Waals surface area contributed by atoms with Crippen LogP contribution in [0.25, 0.3) is 22.6 Å². The third-order valence-corrected chi connectivity index (χ3v) is 4.56. The van der Waals surface area contributed by atoms with Gasteiger partial charge in [-0.3, -0.25) is 0 Å².